The highest BCUT2D eigenvalue weighted by Crippen LogP contribution is 2.22. The van der Waals surface area contributed by atoms with Crippen LogP contribution in [0.5, 0.6) is 0 Å². The first-order valence-electron chi connectivity index (χ1n) is 2.84. The number of alkyl halides is 3. The molecule has 0 aliphatic heterocycles. The van der Waals surface area contributed by atoms with E-state index in [1.807, 2.05) is 0 Å². The zero-order valence-corrected chi connectivity index (χ0v) is 8.12. The van der Waals surface area contributed by atoms with Crippen molar-refractivity contribution in [3.8, 4) is 0 Å². The van der Waals surface area contributed by atoms with Gasteiger partial charge in [-0.3, -0.25) is 4.79 Å². The molecule has 1 rings (SSSR count). The highest BCUT2D eigenvalue weighted by atomic mass is 35.5. The van der Waals surface area contributed by atoms with E-state index in [0.29, 0.717) is 0 Å². The van der Waals surface area contributed by atoms with Crippen LogP contribution < -0.4 is 5.73 Å². The van der Waals surface area contributed by atoms with Gasteiger partial charge in [-0.05, 0) is 6.07 Å². The Balaban J connectivity index is 0. The van der Waals surface area contributed by atoms with Crippen molar-refractivity contribution in [2.24, 2.45) is 5.73 Å². The fourth-order valence-corrected chi connectivity index (χ4v) is 0.692. The average Bonchev–Trinajstić information content (AvgIpc) is 2.30. The summed E-state index contributed by atoms with van der Waals surface area (Å²) in [5.41, 5.74) is 3.98. The molecule has 4 nitrogen and oxygen atoms in total. The second kappa shape index (κ2) is 5.06. The first kappa shape index (κ1) is 15.5. The van der Waals surface area contributed by atoms with Gasteiger partial charge in [-0.2, -0.15) is 9.78 Å². The molecule has 14 heavy (non-hydrogen) atoms. The molecule has 0 saturated heterocycles. The first-order valence-corrected chi connectivity index (χ1v) is 2.84. The molecular formula is C5H6Cl2F3N3O. The van der Waals surface area contributed by atoms with Gasteiger partial charge in [0.05, 0.1) is 6.20 Å². The Morgan fingerprint density at radius 2 is 1.93 bits per heavy atom. The van der Waals surface area contributed by atoms with Gasteiger partial charge in [-0.25, -0.2) is 0 Å². The van der Waals surface area contributed by atoms with Crippen molar-refractivity contribution in [2.45, 2.75) is 6.30 Å². The lowest BCUT2D eigenvalue weighted by molar-refractivity contribution is -0.212. The summed E-state index contributed by atoms with van der Waals surface area (Å²) in [5, 5.41) is 2.90. The number of halogens is 5. The van der Waals surface area contributed by atoms with Crippen LogP contribution in [0.15, 0.2) is 12.3 Å². The first-order chi connectivity index (χ1) is 5.43. The zero-order chi connectivity index (χ0) is 9.35. The van der Waals surface area contributed by atoms with Crippen molar-refractivity contribution in [1.82, 2.24) is 9.78 Å². The van der Waals surface area contributed by atoms with Gasteiger partial charge in [0, 0.05) is 0 Å². The van der Waals surface area contributed by atoms with Crippen LogP contribution in [0.4, 0.5) is 13.2 Å². The molecule has 1 heterocycles. The molecule has 2 N–H and O–H groups in total. The SMILES string of the molecule is Cl.Cl.NC(=O)c1ccnn1C(F)(F)F. The number of carbonyl (C=O) groups excluding carboxylic acids is 1. The summed E-state index contributed by atoms with van der Waals surface area (Å²) in [5.74, 6) is -1.16. The maximum atomic E-state index is 11.9. The van der Waals surface area contributed by atoms with E-state index in [1.54, 1.807) is 0 Å². The number of amides is 1. The van der Waals surface area contributed by atoms with Crippen LogP contribution >= 0.6 is 24.8 Å². The van der Waals surface area contributed by atoms with Gasteiger partial charge in [0.15, 0.2) is 0 Å². The number of carbonyl (C=O) groups is 1. The van der Waals surface area contributed by atoms with E-state index in [0.717, 1.165) is 12.3 Å². The van der Waals surface area contributed by atoms with Crippen molar-refractivity contribution in [2.75, 3.05) is 0 Å². The van der Waals surface area contributed by atoms with Crippen LogP contribution in [-0.2, 0) is 6.30 Å². The molecule has 1 amide bonds. The number of hydrogen-bond donors (Lipinski definition) is 1. The maximum absolute atomic E-state index is 11.9. The van der Waals surface area contributed by atoms with Crippen LogP contribution in [0.1, 0.15) is 10.5 Å². The highest BCUT2D eigenvalue weighted by Gasteiger charge is 2.34. The number of aromatic nitrogens is 2. The number of hydrogen-bond acceptors (Lipinski definition) is 2. The molecular weight excluding hydrogens is 246 g/mol. The third-order valence-electron chi connectivity index (χ3n) is 1.14. The van der Waals surface area contributed by atoms with E-state index in [-0.39, 0.29) is 29.5 Å². The van der Waals surface area contributed by atoms with Gasteiger partial charge in [0.25, 0.3) is 5.91 Å². The van der Waals surface area contributed by atoms with E-state index in [4.69, 9.17) is 0 Å². The van der Waals surface area contributed by atoms with E-state index in [9.17, 15) is 18.0 Å². The van der Waals surface area contributed by atoms with Crippen molar-refractivity contribution in [3.05, 3.63) is 18.0 Å². The van der Waals surface area contributed by atoms with E-state index >= 15 is 0 Å². The van der Waals surface area contributed by atoms with Crippen LogP contribution in [0.25, 0.3) is 0 Å². The van der Waals surface area contributed by atoms with Gasteiger partial charge in [-0.15, -0.1) is 38.0 Å². The predicted molar refractivity (Wildman–Crippen MR) is 46.5 cm³/mol. The lowest BCUT2D eigenvalue weighted by atomic mass is 10.4. The van der Waals surface area contributed by atoms with Crippen molar-refractivity contribution < 1.29 is 18.0 Å². The molecule has 1 aromatic rings. The summed E-state index contributed by atoms with van der Waals surface area (Å²) in [6.07, 6.45) is -3.85. The zero-order valence-electron chi connectivity index (χ0n) is 6.49. The molecule has 0 unspecified atom stereocenters. The minimum absolute atomic E-state index is 0. The Labute approximate surface area is 89.1 Å². The van der Waals surface area contributed by atoms with Gasteiger partial charge < -0.3 is 5.73 Å². The van der Waals surface area contributed by atoms with Crippen LogP contribution in [0.2, 0.25) is 0 Å². The third kappa shape index (κ3) is 3.08. The van der Waals surface area contributed by atoms with E-state index < -0.39 is 17.9 Å². The molecule has 9 heteroatoms. The van der Waals surface area contributed by atoms with Gasteiger partial charge >= 0.3 is 6.30 Å². The summed E-state index contributed by atoms with van der Waals surface area (Å²) < 4.78 is 35.4. The average molecular weight is 252 g/mol. The Morgan fingerprint density at radius 1 is 1.43 bits per heavy atom. The molecule has 0 fully saturated rings. The summed E-state index contributed by atoms with van der Waals surface area (Å²) in [4.78, 5) is 10.4. The Hall–Kier alpha value is -0.950. The summed E-state index contributed by atoms with van der Waals surface area (Å²) in [6.45, 7) is 0. The summed E-state index contributed by atoms with van der Waals surface area (Å²) in [6, 6.07) is 0.899. The van der Waals surface area contributed by atoms with E-state index in [2.05, 4.69) is 10.8 Å². The fraction of sp³-hybridized carbons (Fsp3) is 0.200. The Kier molecular flexibility index (Phi) is 5.61. The molecule has 0 radical (unpaired) electrons. The minimum Gasteiger partial charge on any atom is -0.364 e. The largest absolute Gasteiger partial charge is 0.505 e. The maximum Gasteiger partial charge on any atom is 0.505 e. The standard InChI is InChI=1S/C5H4F3N3O.2ClH/c6-5(7,8)11-3(4(9)12)1-2-10-11;;/h1-2H,(H2,9,12);2*1H. The van der Waals surface area contributed by atoms with Crippen molar-refractivity contribution in [1.29, 1.82) is 0 Å². The third-order valence-corrected chi connectivity index (χ3v) is 1.14. The number of nitrogens with two attached hydrogens (primary N) is 1. The van der Waals surface area contributed by atoms with Crippen LogP contribution in [0, 0.1) is 0 Å². The predicted octanol–water partition coefficient (Wildman–Crippen LogP) is 1.30. The number of primary amides is 1. The summed E-state index contributed by atoms with van der Waals surface area (Å²) >= 11 is 0. The molecule has 0 spiro atoms. The normalized spacial score (nSPS) is 9.93. The summed E-state index contributed by atoms with van der Waals surface area (Å²) in [7, 11) is 0. The van der Waals surface area contributed by atoms with Crippen LogP contribution in [-0.4, -0.2) is 15.7 Å². The van der Waals surface area contributed by atoms with Crippen LogP contribution in [0.3, 0.4) is 0 Å². The van der Waals surface area contributed by atoms with Gasteiger partial charge in [0.1, 0.15) is 5.69 Å². The second-order valence-electron chi connectivity index (χ2n) is 1.96. The lowest BCUT2D eigenvalue weighted by Gasteiger charge is -2.07. The molecule has 0 aliphatic carbocycles. The van der Waals surface area contributed by atoms with E-state index in [1.165, 1.54) is 0 Å². The highest BCUT2D eigenvalue weighted by molar-refractivity contribution is 5.90. The molecule has 0 atom stereocenters. The second-order valence-corrected chi connectivity index (χ2v) is 1.96. The van der Waals surface area contributed by atoms with Gasteiger partial charge in [0.2, 0.25) is 0 Å². The molecule has 0 aromatic carbocycles. The molecule has 82 valence electrons. The molecule has 0 bridgehead atoms. The minimum atomic E-state index is -4.70. The topological polar surface area (TPSA) is 60.9 Å². The quantitative estimate of drug-likeness (QED) is 0.818. The smallest absolute Gasteiger partial charge is 0.364 e. The number of rotatable bonds is 1. The van der Waals surface area contributed by atoms with Gasteiger partial charge in [-0.1, -0.05) is 0 Å². The van der Waals surface area contributed by atoms with Crippen molar-refractivity contribution in [3.63, 3.8) is 0 Å². The fourth-order valence-electron chi connectivity index (χ4n) is 0.692. The molecule has 0 saturated carbocycles. The Morgan fingerprint density at radius 3 is 2.21 bits per heavy atom. The molecule has 1 aromatic heterocycles. The number of nitrogens with zero attached hydrogens (tertiary/aromatic N) is 2. The molecule has 0 aliphatic rings. The monoisotopic (exact) mass is 251 g/mol. The Bertz CT molecular complexity index is 311. The van der Waals surface area contributed by atoms with Crippen molar-refractivity contribution >= 4 is 30.7 Å². The lowest BCUT2D eigenvalue weighted by Crippen LogP contribution is -2.26.